The SMILES string of the molecule is O=C(Cc1ccc(F)cc1)N(Cc1ccccc1O)C[C@@H]1CCCO1. The molecule has 4 nitrogen and oxygen atoms in total. The van der Waals surface area contributed by atoms with Gasteiger partial charge in [0, 0.05) is 25.3 Å². The molecule has 0 bridgehead atoms. The number of carbonyl (C=O) groups is 1. The molecular weight excluding hydrogens is 321 g/mol. The topological polar surface area (TPSA) is 49.8 Å². The van der Waals surface area contributed by atoms with Crippen molar-refractivity contribution in [1.29, 1.82) is 0 Å². The second kappa shape index (κ2) is 8.12. The Kier molecular flexibility index (Phi) is 5.66. The maximum atomic E-state index is 13.0. The van der Waals surface area contributed by atoms with Crippen molar-refractivity contribution in [3.05, 3.63) is 65.5 Å². The highest BCUT2D eigenvalue weighted by molar-refractivity contribution is 5.79. The van der Waals surface area contributed by atoms with Gasteiger partial charge in [0.25, 0.3) is 0 Å². The normalized spacial score (nSPS) is 16.8. The quantitative estimate of drug-likeness (QED) is 0.876. The summed E-state index contributed by atoms with van der Waals surface area (Å²) in [6, 6.07) is 13.0. The van der Waals surface area contributed by atoms with Crippen LogP contribution in [0.15, 0.2) is 48.5 Å². The molecule has 1 heterocycles. The van der Waals surface area contributed by atoms with E-state index in [1.807, 2.05) is 12.1 Å². The Morgan fingerprint density at radius 3 is 2.64 bits per heavy atom. The predicted molar refractivity (Wildman–Crippen MR) is 92.6 cm³/mol. The first-order chi connectivity index (χ1) is 12.1. The molecule has 1 fully saturated rings. The fourth-order valence-electron chi connectivity index (χ4n) is 3.03. The Hall–Kier alpha value is -2.40. The summed E-state index contributed by atoms with van der Waals surface area (Å²) in [6.45, 7) is 1.54. The third kappa shape index (κ3) is 4.79. The first-order valence-corrected chi connectivity index (χ1v) is 8.52. The van der Waals surface area contributed by atoms with Crippen LogP contribution in [0.2, 0.25) is 0 Å². The Morgan fingerprint density at radius 1 is 1.20 bits per heavy atom. The average molecular weight is 343 g/mol. The number of rotatable bonds is 6. The van der Waals surface area contributed by atoms with E-state index < -0.39 is 0 Å². The van der Waals surface area contributed by atoms with Crippen LogP contribution in [0.1, 0.15) is 24.0 Å². The summed E-state index contributed by atoms with van der Waals surface area (Å²) >= 11 is 0. The summed E-state index contributed by atoms with van der Waals surface area (Å²) in [7, 11) is 0. The van der Waals surface area contributed by atoms with E-state index in [0.29, 0.717) is 18.7 Å². The van der Waals surface area contributed by atoms with Gasteiger partial charge >= 0.3 is 0 Å². The lowest BCUT2D eigenvalue weighted by atomic mass is 10.1. The molecule has 1 amide bonds. The molecule has 0 aliphatic carbocycles. The second-order valence-electron chi connectivity index (χ2n) is 6.34. The van der Waals surface area contributed by atoms with Crippen LogP contribution in [0.25, 0.3) is 0 Å². The minimum atomic E-state index is -0.318. The Labute approximate surface area is 146 Å². The molecule has 3 rings (SSSR count). The van der Waals surface area contributed by atoms with Crippen molar-refractivity contribution in [3.63, 3.8) is 0 Å². The number of ether oxygens (including phenoxy) is 1. The summed E-state index contributed by atoms with van der Waals surface area (Å²) < 4.78 is 18.7. The van der Waals surface area contributed by atoms with Gasteiger partial charge in [0.1, 0.15) is 11.6 Å². The van der Waals surface area contributed by atoms with E-state index in [1.165, 1.54) is 12.1 Å². The van der Waals surface area contributed by atoms with Crippen LogP contribution in [0.5, 0.6) is 5.75 Å². The number of benzene rings is 2. The van der Waals surface area contributed by atoms with Crippen LogP contribution in [0.3, 0.4) is 0 Å². The maximum absolute atomic E-state index is 13.0. The molecule has 1 aliphatic heterocycles. The number of aromatic hydroxyl groups is 1. The van der Waals surface area contributed by atoms with Crippen LogP contribution < -0.4 is 0 Å². The second-order valence-corrected chi connectivity index (χ2v) is 6.34. The fourth-order valence-corrected chi connectivity index (χ4v) is 3.03. The molecule has 0 radical (unpaired) electrons. The number of nitrogens with zero attached hydrogens (tertiary/aromatic N) is 1. The van der Waals surface area contributed by atoms with E-state index in [-0.39, 0.29) is 30.0 Å². The summed E-state index contributed by atoms with van der Waals surface area (Å²) in [5, 5.41) is 10.0. The molecule has 25 heavy (non-hydrogen) atoms. The van der Waals surface area contributed by atoms with Gasteiger partial charge in [0.05, 0.1) is 12.5 Å². The van der Waals surface area contributed by atoms with Crippen molar-refractivity contribution in [2.45, 2.75) is 31.9 Å². The van der Waals surface area contributed by atoms with Gasteiger partial charge in [-0.3, -0.25) is 4.79 Å². The molecule has 2 aromatic rings. The highest BCUT2D eigenvalue weighted by Gasteiger charge is 2.23. The van der Waals surface area contributed by atoms with Crippen LogP contribution >= 0.6 is 0 Å². The zero-order valence-corrected chi connectivity index (χ0v) is 14.0. The van der Waals surface area contributed by atoms with E-state index in [2.05, 4.69) is 0 Å². The predicted octanol–water partition coefficient (Wildman–Crippen LogP) is 3.28. The summed E-state index contributed by atoms with van der Waals surface area (Å²) in [5.74, 6) is -0.207. The zero-order valence-electron chi connectivity index (χ0n) is 14.0. The van der Waals surface area contributed by atoms with Crippen molar-refractivity contribution in [2.75, 3.05) is 13.2 Å². The van der Waals surface area contributed by atoms with E-state index in [9.17, 15) is 14.3 Å². The third-order valence-electron chi connectivity index (χ3n) is 4.42. The molecule has 132 valence electrons. The van der Waals surface area contributed by atoms with Gasteiger partial charge in [-0.2, -0.15) is 0 Å². The number of amides is 1. The van der Waals surface area contributed by atoms with Crippen molar-refractivity contribution >= 4 is 5.91 Å². The smallest absolute Gasteiger partial charge is 0.227 e. The molecule has 0 unspecified atom stereocenters. The van der Waals surface area contributed by atoms with Gasteiger partial charge in [-0.05, 0) is 36.6 Å². The summed E-state index contributed by atoms with van der Waals surface area (Å²) in [6.07, 6.45) is 2.16. The highest BCUT2D eigenvalue weighted by atomic mass is 19.1. The van der Waals surface area contributed by atoms with Crippen LogP contribution in [0, 0.1) is 5.82 Å². The minimum absolute atomic E-state index is 0.0306. The number of hydrogen-bond acceptors (Lipinski definition) is 3. The molecule has 1 atom stereocenters. The van der Waals surface area contributed by atoms with Crippen LogP contribution in [0.4, 0.5) is 4.39 Å². The first kappa shape index (κ1) is 17.4. The van der Waals surface area contributed by atoms with Crippen molar-refractivity contribution < 1.29 is 19.0 Å². The monoisotopic (exact) mass is 343 g/mol. The first-order valence-electron chi connectivity index (χ1n) is 8.52. The number of para-hydroxylation sites is 1. The standard InChI is InChI=1S/C20H22FNO3/c21-17-9-7-15(8-10-17)12-20(24)22(14-18-5-3-11-25-18)13-16-4-1-2-6-19(16)23/h1-2,4,6-10,18,23H,3,5,11-14H2/t18-/m0/s1. The number of halogens is 1. The van der Waals surface area contributed by atoms with Gasteiger partial charge in [-0.15, -0.1) is 0 Å². The minimum Gasteiger partial charge on any atom is -0.508 e. The summed E-state index contributed by atoms with van der Waals surface area (Å²) in [4.78, 5) is 14.5. The highest BCUT2D eigenvalue weighted by Crippen LogP contribution is 2.21. The lowest BCUT2D eigenvalue weighted by Crippen LogP contribution is -2.37. The number of hydrogen-bond donors (Lipinski definition) is 1. The lowest BCUT2D eigenvalue weighted by Gasteiger charge is -2.26. The third-order valence-corrected chi connectivity index (χ3v) is 4.42. The van der Waals surface area contributed by atoms with Crippen molar-refractivity contribution in [3.8, 4) is 5.75 Å². The van der Waals surface area contributed by atoms with Gasteiger partial charge in [-0.1, -0.05) is 30.3 Å². The van der Waals surface area contributed by atoms with Crippen molar-refractivity contribution in [1.82, 2.24) is 4.90 Å². The molecule has 0 aromatic heterocycles. The van der Waals surface area contributed by atoms with Crippen molar-refractivity contribution in [2.24, 2.45) is 0 Å². The Balaban J connectivity index is 1.73. The van der Waals surface area contributed by atoms with Gasteiger partial charge < -0.3 is 14.7 Å². The molecule has 5 heteroatoms. The van der Waals surface area contributed by atoms with Gasteiger partial charge in [0.15, 0.2) is 0 Å². The zero-order chi connectivity index (χ0) is 17.6. The Bertz CT molecular complexity index is 711. The largest absolute Gasteiger partial charge is 0.508 e. The number of carbonyl (C=O) groups excluding carboxylic acids is 1. The van der Waals surface area contributed by atoms with Gasteiger partial charge in [0.2, 0.25) is 5.91 Å². The maximum Gasteiger partial charge on any atom is 0.227 e. The van der Waals surface area contributed by atoms with E-state index in [4.69, 9.17) is 4.74 Å². The molecule has 2 aromatic carbocycles. The summed E-state index contributed by atoms with van der Waals surface area (Å²) in [5.41, 5.74) is 1.47. The molecule has 1 aliphatic rings. The fraction of sp³-hybridized carbons (Fsp3) is 0.350. The van der Waals surface area contributed by atoms with Crippen LogP contribution in [-0.2, 0) is 22.5 Å². The molecular formula is C20H22FNO3. The molecule has 0 spiro atoms. The molecule has 1 N–H and O–H groups in total. The lowest BCUT2D eigenvalue weighted by molar-refractivity contribution is -0.132. The van der Waals surface area contributed by atoms with E-state index >= 15 is 0 Å². The van der Waals surface area contributed by atoms with Gasteiger partial charge in [-0.25, -0.2) is 4.39 Å². The van der Waals surface area contributed by atoms with E-state index in [1.54, 1.807) is 29.2 Å². The van der Waals surface area contributed by atoms with E-state index in [0.717, 1.165) is 25.0 Å². The Morgan fingerprint density at radius 2 is 1.96 bits per heavy atom. The molecule has 0 saturated carbocycles. The number of phenolic OH excluding ortho intramolecular Hbond substituents is 1. The average Bonchev–Trinajstić information content (AvgIpc) is 3.11. The molecule has 1 saturated heterocycles. The number of phenols is 1. The van der Waals surface area contributed by atoms with Crippen LogP contribution in [-0.4, -0.2) is 35.2 Å².